The molecule has 79 heavy (non-hydrogen) atoms. The molecule has 0 fully saturated rings. The van der Waals surface area contributed by atoms with Crippen molar-refractivity contribution in [1.82, 2.24) is 0 Å². The van der Waals surface area contributed by atoms with Crippen molar-refractivity contribution in [3.8, 4) is 55.6 Å². The predicted molar refractivity (Wildman–Crippen MR) is 334 cm³/mol. The average Bonchev–Trinajstić information content (AvgIpc) is 3.91. The first kappa shape index (κ1) is 47.0. The van der Waals surface area contributed by atoms with Gasteiger partial charge >= 0.3 is 0 Å². The van der Waals surface area contributed by atoms with Crippen LogP contribution in [-0.4, -0.2) is 0 Å². The maximum absolute atomic E-state index is 2.50. The van der Waals surface area contributed by atoms with E-state index in [4.69, 9.17) is 0 Å². The molecular formula is C77H60N2. The van der Waals surface area contributed by atoms with Crippen molar-refractivity contribution < 1.29 is 0 Å². The molecule has 0 saturated heterocycles. The number of hydrogen-bond donors (Lipinski definition) is 0. The first-order valence-corrected chi connectivity index (χ1v) is 28.0. The lowest BCUT2D eigenvalue weighted by molar-refractivity contribution is 0.660. The van der Waals surface area contributed by atoms with Crippen LogP contribution in [0.25, 0.3) is 77.2 Å². The molecule has 0 amide bonds. The first-order chi connectivity index (χ1) is 38.4. The number of fused-ring (bicyclic) bond motifs is 14. The van der Waals surface area contributed by atoms with Crippen LogP contribution in [0.15, 0.2) is 255 Å². The SMILES string of the molecule is CC1(C)c2ccccc2-c2ccc(N(c3ccc(-c4ccccc4)cc3)c3ccc4c(c3)C(C)(C)c3c-4c4ccccc4c4cc(N(c5ccc(-c6ccccc6)cc5)c5ccc6c(c5)C(C)(C)c5ccccc5-6)ccc34)cc21. The second kappa shape index (κ2) is 17.4. The normalized spacial score (nSPS) is 14.5. The van der Waals surface area contributed by atoms with Gasteiger partial charge in [-0.15, -0.1) is 0 Å². The zero-order valence-electron chi connectivity index (χ0n) is 45.6. The van der Waals surface area contributed by atoms with E-state index >= 15 is 0 Å². The second-order valence-corrected chi connectivity index (χ2v) is 23.7. The van der Waals surface area contributed by atoms with Gasteiger partial charge in [0.1, 0.15) is 0 Å². The molecule has 378 valence electrons. The molecule has 3 aliphatic carbocycles. The fraction of sp³-hybridized carbons (Fsp3) is 0.117. The Morgan fingerprint density at radius 3 is 1.08 bits per heavy atom. The van der Waals surface area contributed by atoms with Crippen LogP contribution in [0, 0.1) is 0 Å². The molecule has 12 aromatic rings. The Bertz CT molecular complexity index is 4430. The van der Waals surface area contributed by atoms with Gasteiger partial charge in [0.15, 0.2) is 0 Å². The standard InChI is InChI=1S/C77H60N2/c1-75(2)68-27-17-15-24-60(68)62-41-37-56(46-70(62)75)78(53-33-29-51(30-34-53)49-19-9-7-10-20-49)55-39-43-65-67(45-55)59-23-13-14-26-64(59)73-66-44-40-58(48-72(66)77(5,6)74(65)73)79(54-35-31-52(32-36-54)50-21-11-8-12-22-50)57-38-42-63-61-25-16-18-28-69(61)76(3,4)71(63)47-57/h7-48H,1-6H3. The summed E-state index contributed by atoms with van der Waals surface area (Å²) in [5.74, 6) is 0. The van der Waals surface area contributed by atoms with Gasteiger partial charge in [-0.3, -0.25) is 0 Å². The minimum Gasteiger partial charge on any atom is -0.310 e. The summed E-state index contributed by atoms with van der Waals surface area (Å²) in [6, 6.07) is 95.5. The van der Waals surface area contributed by atoms with E-state index in [9.17, 15) is 0 Å². The first-order valence-electron chi connectivity index (χ1n) is 28.0. The molecule has 0 aromatic heterocycles. The molecular weight excluding hydrogens is 953 g/mol. The van der Waals surface area contributed by atoms with Crippen molar-refractivity contribution in [3.63, 3.8) is 0 Å². The van der Waals surface area contributed by atoms with Crippen molar-refractivity contribution in [3.05, 3.63) is 288 Å². The average molecular weight is 1010 g/mol. The van der Waals surface area contributed by atoms with Crippen molar-refractivity contribution in [2.24, 2.45) is 0 Å². The van der Waals surface area contributed by atoms with Crippen LogP contribution in [0.4, 0.5) is 34.1 Å². The monoisotopic (exact) mass is 1010 g/mol. The Morgan fingerprint density at radius 1 is 0.228 bits per heavy atom. The molecule has 0 aliphatic heterocycles. The predicted octanol–water partition coefficient (Wildman–Crippen LogP) is 21.2. The Labute approximate surface area is 464 Å². The quantitative estimate of drug-likeness (QED) is 0.140. The van der Waals surface area contributed by atoms with Crippen LogP contribution in [0.3, 0.4) is 0 Å². The largest absolute Gasteiger partial charge is 0.310 e. The molecule has 2 nitrogen and oxygen atoms in total. The van der Waals surface area contributed by atoms with E-state index in [1.807, 2.05) is 0 Å². The number of anilines is 6. The Kier molecular flexibility index (Phi) is 10.3. The van der Waals surface area contributed by atoms with Crippen LogP contribution in [0.2, 0.25) is 0 Å². The maximum Gasteiger partial charge on any atom is 0.0468 e. The highest BCUT2D eigenvalue weighted by Gasteiger charge is 2.41. The van der Waals surface area contributed by atoms with Gasteiger partial charge < -0.3 is 9.80 Å². The third kappa shape index (κ3) is 7.10. The summed E-state index contributed by atoms with van der Waals surface area (Å²) in [5, 5.41) is 5.09. The van der Waals surface area contributed by atoms with Crippen molar-refractivity contribution >= 4 is 55.7 Å². The highest BCUT2D eigenvalue weighted by atomic mass is 15.1. The minimum atomic E-state index is -0.331. The minimum absolute atomic E-state index is 0.136. The lowest BCUT2D eigenvalue weighted by atomic mass is 9.79. The summed E-state index contributed by atoms with van der Waals surface area (Å²) in [7, 11) is 0. The summed E-state index contributed by atoms with van der Waals surface area (Å²) in [4.78, 5) is 4.96. The van der Waals surface area contributed by atoms with Crippen LogP contribution in [0.1, 0.15) is 74.9 Å². The van der Waals surface area contributed by atoms with E-state index in [0.717, 1.165) is 34.1 Å². The topological polar surface area (TPSA) is 6.48 Å². The fourth-order valence-corrected chi connectivity index (χ4v) is 14.2. The molecule has 0 unspecified atom stereocenters. The van der Waals surface area contributed by atoms with Gasteiger partial charge in [-0.25, -0.2) is 0 Å². The van der Waals surface area contributed by atoms with E-state index in [1.54, 1.807) is 0 Å². The molecule has 12 aromatic carbocycles. The third-order valence-corrected chi connectivity index (χ3v) is 18.2. The zero-order valence-corrected chi connectivity index (χ0v) is 45.6. The second-order valence-electron chi connectivity index (χ2n) is 23.7. The zero-order chi connectivity index (χ0) is 53.4. The van der Waals surface area contributed by atoms with Crippen molar-refractivity contribution in [2.75, 3.05) is 9.80 Å². The highest BCUT2D eigenvalue weighted by Crippen LogP contribution is 2.58. The van der Waals surface area contributed by atoms with Gasteiger partial charge in [-0.2, -0.15) is 0 Å². The number of hydrogen-bond acceptors (Lipinski definition) is 2. The number of nitrogens with zero attached hydrogens (tertiary/aromatic N) is 2. The van der Waals surface area contributed by atoms with Crippen molar-refractivity contribution in [2.45, 2.75) is 57.8 Å². The summed E-state index contributed by atoms with van der Waals surface area (Å²) in [6.07, 6.45) is 0. The maximum atomic E-state index is 2.50. The molecule has 0 spiro atoms. The fourth-order valence-electron chi connectivity index (χ4n) is 14.2. The van der Waals surface area contributed by atoms with E-state index < -0.39 is 0 Å². The summed E-state index contributed by atoms with van der Waals surface area (Å²) in [6.45, 7) is 14.4. The van der Waals surface area contributed by atoms with Gasteiger partial charge in [0, 0.05) is 50.4 Å². The molecule has 3 aliphatic rings. The molecule has 0 heterocycles. The van der Waals surface area contributed by atoms with E-state index in [1.165, 1.54) is 111 Å². The molecule has 0 atom stereocenters. The molecule has 0 N–H and O–H groups in total. The number of rotatable bonds is 8. The molecule has 0 saturated carbocycles. The Hall–Kier alpha value is -9.24. The third-order valence-electron chi connectivity index (χ3n) is 18.2. The Morgan fingerprint density at radius 2 is 0.582 bits per heavy atom. The van der Waals surface area contributed by atoms with E-state index in [-0.39, 0.29) is 16.2 Å². The molecule has 15 rings (SSSR count). The lowest BCUT2D eigenvalue weighted by Gasteiger charge is -2.30. The Balaban J connectivity index is 0.882. The highest BCUT2D eigenvalue weighted by molar-refractivity contribution is 6.19. The smallest absolute Gasteiger partial charge is 0.0468 e. The van der Waals surface area contributed by atoms with Crippen molar-refractivity contribution in [1.29, 1.82) is 0 Å². The summed E-state index contributed by atoms with van der Waals surface area (Å²) < 4.78 is 0. The van der Waals surface area contributed by atoms with E-state index in [2.05, 4.69) is 306 Å². The van der Waals surface area contributed by atoms with E-state index in [0.29, 0.717) is 0 Å². The van der Waals surface area contributed by atoms with Gasteiger partial charge in [0.05, 0.1) is 0 Å². The lowest BCUT2D eigenvalue weighted by Crippen LogP contribution is -2.18. The number of benzene rings is 12. The van der Waals surface area contributed by atoms with Gasteiger partial charge in [-0.1, -0.05) is 224 Å². The molecule has 0 radical (unpaired) electrons. The van der Waals surface area contributed by atoms with Gasteiger partial charge in [0.25, 0.3) is 0 Å². The van der Waals surface area contributed by atoms with Crippen LogP contribution in [-0.2, 0) is 16.2 Å². The van der Waals surface area contributed by atoms with Crippen LogP contribution < -0.4 is 9.80 Å². The van der Waals surface area contributed by atoms with Crippen LogP contribution >= 0.6 is 0 Å². The summed E-state index contributed by atoms with van der Waals surface area (Å²) >= 11 is 0. The summed E-state index contributed by atoms with van der Waals surface area (Å²) in [5.41, 5.74) is 27.2. The van der Waals surface area contributed by atoms with Crippen LogP contribution in [0.5, 0.6) is 0 Å². The van der Waals surface area contributed by atoms with Gasteiger partial charge in [0.2, 0.25) is 0 Å². The molecule has 0 bridgehead atoms. The molecule has 2 heteroatoms. The van der Waals surface area contributed by atoms with Gasteiger partial charge in [-0.05, 0) is 183 Å².